The van der Waals surface area contributed by atoms with E-state index in [9.17, 15) is 9.59 Å². The van der Waals surface area contributed by atoms with E-state index < -0.39 is 17.7 Å². The first kappa shape index (κ1) is 15.8. The van der Waals surface area contributed by atoms with Crippen molar-refractivity contribution in [1.82, 2.24) is 0 Å². The maximum Gasteiger partial charge on any atom is 0.412 e. The van der Waals surface area contributed by atoms with E-state index in [-0.39, 0.29) is 16.3 Å². The number of benzene rings is 1. The summed E-state index contributed by atoms with van der Waals surface area (Å²) in [6.07, 6.45) is -0.752. The SMILES string of the molecule is CC(C)(C)OC(=O)Nc1c(Br)ccc(Cl)c1C(=O)O. The third-order valence-corrected chi connectivity index (χ3v) is 2.92. The Morgan fingerprint density at radius 1 is 1.37 bits per heavy atom. The molecule has 0 saturated heterocycles. The first-order chi connectivity index (χ1) is 8.61. The molecule has 1 rings (SSSR count). The van der Waals surface area contributed by atoms with Gasteiger partial charge >= 0.3 is 12.1 Å². The highest BCUT2D eigenvalue weighted by atomic mass is 79.9. The van der Waals surface area contributed by atoms with Crippen LogP contribution < -0.4 is 5.32 Å². The van der Waals surface area contributed by atoms with Gasteiger partial charge in [-0.15, -0.1) is 0 Å². The predicted molar refractivity (Wildman–Crippen MR) is 76.0 cm³/mol. The second kappa shape index (κ2) is 5.79. The van der Waals surface area contributed by atoms with Crippen LogP contribution >= 0.6 is 27.5 Å². The molecular formula is C12H13BrClNO4. The second-order valence-corrected chi connectivity index (χ2v) is 5.97. The lowest BCUT2D eigenvalue weighted by Crippen LogP contribution is -2.28. The summed E-state index contributed by atoms with van der Waals surface area (Å²) in [4.78, 5) is 22.8. The summed E-state index contributed by atoms with van der Waals surface area (Å²) in [5, 5.41) is 11.5. The zero-order valence-electron chi connectivity index (χ0n) is 10.6. The molecule has 0 aliphatic carbocycles. The lowest BCUT2D eigenvalue weighted by atomic mass is 10.2. The molecule has 104 valence electrons. The summed E-state index contributed by atoms with van der Waals surface area (Å²) in [6.45, 7) is 5.12. The van der Waals surface area contributed by atoms with E-state index in [1.54, 1.807) is 26.8 Å². The van der Waals surface area contributed by atoms with Gasteiger partial charge in [0.15, 0.2) is 0 Å². The molecule has 0 aromatic heterocycles. The number of carboxylic acids is 1. The number of amides is 1. The Kier molecular flexibility index (Phi) is 4.81. The second-order valence-electron chi connectivity index (χ2n) is 4.71. The summed E-state index contributed by atoms with van der Waals surface area (Å²) in [5.41, 5.74) is -0.811. The summed E-state index contributed by atoms with van der Waals surface area (Å²) in [5.74, 6) is -1.24. The number of hydrogen-bond donors (Lipinski definition) is 2. The number of carboxylic acid groups (broad SMARTS) is 1. The van der Waals surface area contributed by atoms with E-state index >= 15 is 0 Å². The number of ether oxygens (including phenoxy) is 1. The van der Waals surface area contributed by atoms with Gasteiger partial charge in [0, 0.05) is 4.47 Å². The standard InChI is InChI=1S/C12H13BrClNO4/c1-12(2,3)19-11(18)15-9-6(13)4-5-7(14)8(9)10(16)17/h4-5H,1-3H3,(H,15,18)(H,16,17). The molecular weight excluding hydrogens is 337 g/mol. The van der Waals surface area contributed by atoms with Gasteiger partial charge in [0.1, 0.15) is 11.2 Å². The molecule has 0 bridgehead atoms. The van der Waals surface area contributed by atoms with E-state index in [2.05, 4.69) is 21.2 Å². The molecule has 0 fully saturated rings. The van der Waals surface area contributed by atoms with Crippen molar-refractivity contribution in [2.75, 3.05) is 5.32 Å². The van der Waals surface area contributed by atoms with Gasteiger partial charge in [0.2, 0.25) is 0 Å². The van der Waals surface area contributed by atoms with Crippen molar-refractivity contribution < 1.29 is 19.4 Å². The Balaban J connectivity index is 3.10. The smallest absolute Gasteiger partial charge is 0.412 e. The van der Waals surface area contributed by atoms with Gasteiger partial charge in [-0.2, -0.15) is 0 Å². The van der Waals surface area contributed by atoms with Crippen molar-refractivity contribution in [1.29, 1.82) is 0 Å². The van der Waals surface area contributed by atoms with Crippen LogP contribution in [0.3, 0.4) is 0 Å². The average Bonchev–Trinajstić information content (AvgIpc) is 2.20. The highest BCUT2D eigenvalue weighted by molar-refractivity contribution is 9.10. The number of anilines is 1. The molecule has 0 aliphatic heterocycles. The summed E-state index contributed by atoms with van der Waals surface area (Å²) in [6, 6.07) is 2.97. The van der Waals surface area contributed by atoms with Crippen LogP contribution in [-0.4, -0.2) is 22.8 Å². The number of hydrogen-bond acceptors (Lipinski definition) is 3. The van der Waals surface area contributed by atoms with Crippen molar-refractivity contribution in [2.24, 2.45) is 0 Å². The van der Waals surface area contributed by atoms with Gasteiger partial charge in [-0.3, -0.25) is 5.32 Å². The highest BCUT2D eigenvalue weighted by Crippen LogP contribution is 2.32. The van der Waals surface area contributed by atoms with E-state index in [4.69, 9.17) is 21.4 Å². The molecule has 1 amide bonds. The Morgan fingerprint density at radius 3 is 2.42 bits per heavy atom. The molecule has 1 aromatic carbocycles. The van der Waals surface area contributed by atoms with Gasteiger partial charge in [-0.1, -0.05) is 11.6 Å². The van der Waals surface area contributed by atoms with Crippen molar-refractivity contribution in [2.45, 2.75) is 26.4 Å². The zero-order valence-corrected chi connectivity index (χ0v) is 12.9. The number of nitrogens with one attached hydrogen (secondary N) is 1. The maximum absolute atomic E-state index is 11.7. The Labute approximate surface area is 124 Å². The number of carbonyl (C=O) groups excluding carboxylic acids is 1. The molecule has 7 heteroatoms. The summed E-state index contributed by atoms with van der Waals surface area (Å²) < 4.78 is 5.47. The minimum Gasteiger partial charge on any atom is -0.478 e. The normalized spacial score (nSPS) is 11.0. The fourth-order valence-corrected chi connectivity index (χ4v) is 1.96. The molecule has 0 aliphatic rings. The van der Waals surface area contributed by atoms with Crippen LogP contribution in [0.25, 0.3) is 0 Å². The van der Waals surface area contributed by atoms with Crippen molar-refractivity contribution in [3.05, 3.63) is 27.2 Å². The predicted octanol–water partition coefficient (Wildman–Crippen LogP) is 4.15. The molecule has 0 saturated carbocycles. The molecule has 5 nitrogen and oxygen atoms in total. The minimum absolute atomic E-state index is 0.0294. The summed E-state index contributed by atoms with van der Waals surface area (Å²) >= 11 is 8.98. The molecule has 0 heterocycles. The largest absolute Gasteiger partial charge is 0.478 e. The molecule has 0 radical (unpaired) electrons. The highest BCUT2D eigenvalue weighted by Gasteiger charge is 2.22. The third-order valence-electron chi connectivity index (χ3n) is 1.94. The number of carbonyl (C=O) groups is 2. The van der Waals surface area contributed by atoms with Crippen LogP contribution in [0.2, 0.25) is 5.02 Å². The average molecular weight is 351 g/mol. The maximum atomic E-state index is 11.7. The first-order valence-corrected chi connectivity index (χ1v) is 6.50. The van der Waals surface area contributed by atoms with Gasteiger partial charge in [-0.25, -0.2) is 9.59 Å². The Bertz CT molecular complexity index is 525. The van der Waals surface area contributed by atoms with Gasteiger partial charge in [0.25, 0.3) is 0 Å². The fourth-order valence-electron chi connectivity index (χ4n) is 1.29. The zero-order chi connectivity index (χ0) is 14.8. The lowest BCUT2D eigenvalue weighted by Gasteiger charge is -2.20. The third kappa shape index (κ3) is 4.40. The molecule has 1 aromatic rings. The fraction of sp³-hybridized carbons (Fsp3) is 0.333. The number of halogens is 2. The molecule has 0 atom stereocenters. The van der Waals surface area contributed by atoms with Crippen LogP contribution in [0, 0.1) is 0 Å². The van der Waals surface area contributed by atoms with Gasteiger partial charge < -0.3 is 9.84 Å². The minimum atomic E-state index is -1.24. The van der Waals surface area contributed by atoms with E-state index in [0.29, 0.717) is 4.47 Å². The molecule has 0 unspecified atom stereocenters. The lowest BCUT2D eigenvalue weighted by molar-refractivity contribution is 0.0636. The Morgan fingerprint density at radius 2 is 1.95 bits per heavy atom. The topological polar surface area (TPSA) is 75.6 Å². The number of rotatable bonds is 2. The molecule has 0 spiro atoms. The molecule has 2 N–H and O–H groups in total. The van der Waals surface area contributed by atoms with Crippen LogP contribution in [0.15, 0.2) is 16.6 Å². The molecule has 19 heavy (non-hydrogen) atoms. The van der Waals surface area contributed by atoms with E-state index in [1.807, 2.05) is 0 Å². The van der Waals surface area contributed by atoms with Crippen LogP contribution in [-0.2, 0) is 4.74 Å². The van der Waals surface area contributed by atoms with E-state index in [1.165, 1.54) is 6.07 Å². The van der Waals surface area contributed by atoms with Gasteiger partial charge in [-0.05, 0) is 48.8 Å². The van der Waals surface area contributed by atoms with Crippen molar-refractivity contribution >= 4 is 45.3 Å². The van der Waals surface area contributed by atoms with Crippen LogP contribution in [0.5, 0.6) is 0 Å². The quantitative estimate of drug-likeness (QED) is 0.840. The first-order valence-electron chi connectivity index (χ1n) is 5.33. The number of aromatic carboxylic acids is 1. The van der Waals surface area contributed by atoms with Crippen LogP contribution in [0.1, 0.15) is 31.1 Å². The van der Waals surface area contributed by atoms with E-state index in [0.717, 1.165) is 0 Å². The van der Waals surface area contributed by atoms with Crippen molar-refractivity contribution in [3.8, 4) is 0 Å². The van der Waals surface area contributed by atoms with Crippen LogP contribution in [0.4, 0.5) is 10.5 Å². The Hall–Kier alpha value is -1.27. The van der Waals surface area contributed by atoms with Crippen molar-refractivity contribution in [3.63, 3.8) is 0 Å². The summed E-state index contributed by atoms with van der Waals surface area (Å²) in [7, 11) is 0. The monoisotopic (exact) mass is 349 g/mol. The van der Waals surface area contributed by atoms with Gasteiger partial charge in [0.05, 0.1) is 10.7 Å².